The summed E-state index contributed by atoms with van der Waals surface area (Å²) in [6, 6.07) is 20.2. The van der Waals surface area contributed by atoms with Crippen molar-refractivity contribution in [1.82, 2.24) is 4.98 Å². The van der Waals surface area contributed by atoms with Crippen LogP contribution in [0.3, 0.4) is 0 Å². The minimum atomic E-state index is -3.73. The first-order chi connectivity index (χ1) is 17.4. The zero-order valence-electron chi connectivity index (χ0n) is 19.6. The SMILES string of the molecule is COc1cccc2sc(N(CC3CCCO3)C(=O)c3ccc(NS(=O)(=O)c4ccccc4)cc3)nc12. The highest BCUT2D eigenvalue weighted by molar-refractivity contribution is 7.92. The highest BCUT2D eigenvalue weighted by Gasteiger charge is 2.27. The molecule has 1 amide bonds. The Morgan fingerprint density at radius 3 is 2.58 bits per heavy atom. The summed E-state index contributed by atoms with van der Waals surface area (Å²) in [5, 5.41) is 0.559. The molecule has 3 aromatic carbocycles. The average Bonchev–Trinajstić information content (AvgIpc) is 3.57. The number of carbonyl (C=O) groups is 1. The summed E-state index contributed by atoms with van der Waals surface area (Å²) in [7, 11) is -2.13. The first-order valence-corrected chi connectivity index (χ1v) is 13.8. The van der Waals surface area contributed by atoms with Gasteiger partial charge in [-0.2, -0.15) is 0 Å². The van der Waals surface area contributed by atoms with E-state index in [1.165, 1.54) is 23.5 Å². The number of ether oxygens (including phenoxy) is 2. The second-order valence-electron chi connectivity index (χ2n) is 8.35. The molecule has 0 saturated carbocycles. The van der Waals surface area contributed by atoms with Gasteiger partial charge in [0.05, 0.1) is 29.4 Å². The van der Waals surface area contributed by atoms with Gasteiger partial charge in [-0.3, -0.25) is 14.4 Å². The van der Waals surface area contributed by atoms with Gasteiger partial charge in [0, 0.05) is 17.9 Å². The number of fused-ring (bicyclic) bond motifs is 1. The Bertz CT molecular complexity index is 1460. The number of anilines is 2. The van der Waals surface area contributed by atoms with Crippen molar-refractivity contribution in [3.63, 3.8) is 0 Å². The second kappa shape index (κ2) is 10.3. The van der Waals surface area contributed by atoms with Crippen LogP contribution in [0.4, 0.5) is 10.8 Å². The molecule has 5 rings (SSSR count). The van der Waals surface area contributed by atoms with Crippen LogP contribution in [0, 0.1) is 0 Å². The summed E-state index contributed by atoms with van der Waals surface area (Å²) in [4.78, 5) is 20.2. The van der Waals surface area contributed by atoms with Crippen molar-refractivity contribution in [3.8, 4) is 5.75 Å². The normalized spacial score (nSPS) is 15.6. The van der Waals surface area contributed by atoms with Gasteiger partial charge in [-0.05, 0) is 61.4 Å². The zero-order valence-corrected chi connectivity index (χ0v) is 21.2. The van der Waals surface area contributed by atoms with E-state index in [9.17, 15) is 13.2 Å². The molecule has 4 aromatic rings. The van der Waals surface area contributed by atoms with Crippen LogP contribution in [0.15, 0.2) is 77.7 Å². The maximum absolute atomic E-state index is 13.6. The Balaban J connectivity index is 1.42. The number of hydrogen-bond donors (Lipinski definition) is 1. The molecule has 0 spiro atoms. The van der Waals surface area contributed by atoms with E-state index >= 15 is 0 Å². The smallest absolute Gasteiger partial charge is 0.261 e. The number of nitrogens with one attached hydrogen (secondary N) is 1. The fourth-order valence-corrected chi connectivity index (χ4v) is 6.15. The highest BCUT2D eigenvalue weighted by atomic mass is 32.2. The summed E-state index contributed by atoms with van der Waals surface area (Å²) in [5.74, 6) is 0.413. The minimum absolute atomic E-state index is 0.0696. The molecule has 0 radical (unpaired) electrons. The number of rotatable bonds is 8. The van der Waals surface area contributed by atoms with Gasteiger partial charge in [0.25, 0.3) is 15.9 Å². The first-order valence-electron chi connectivity index (χ1n) is 11.5. The summed E-state index contributed by atoms with van der Waals surface area (Å²) in [6.07, 6.45) is 1.76. The molecule has 1 fully saturated rings. The largest absolute Gasteiger partial charge is 0.494 e. The van der Waals surface area contributed by atoms with Crippen LogP contribution >= 0.6 is 11.3 Å². The maximum Gasteiger partial charge on any atom is 0.261 e. The molecular weight excluding hydrogens is 498 g/mol. The number of carbonyl (C=O) groups excluding carboxylic acids is 1. The lowest BCUT2D eigenvalue weighted by molar-refractivity contribution is 0.0917. The molecule has 10 heteroatoms. The number of thiazole rings is 1. The predicted molar refractivity (Wildman–Crippen MR) is 141 cm³/mol. The summed E-state index contributed by atoms with van der Waals surface area (Å²) < 4.78 is 40.0. The zero-order chi connectivity index (χ0) is 25.1. The van der Waals surface area contributed by atoms with Gasteiger partial charge in [-0.1, -0.05) is 35.6 Å². The van der Waals surface area contributed by atoms with Gasteiger partial charge < -0.3 is 9.47 Å². The molecule has 0 aliphatic carbocycles. The molecule has 1 aliphatic heterocycles. The third-order valence-electron chi connectivity index (χ3n) is 5.91. The quantitative estimate of drug-likeness (QED) is 0.352. The third-order valence-corrected chi connectivity index (χ3v) is 8.36. The maximum atomic E-state index is 13.6. The number of para-hydroxylation sites is 1. The van der Waals surface area contributed by atoms with Crippen molar-refractivity contribution in [1.29, 1.82) is 0 Å². The van der Waals surface area contributed by atoms with Gasteiger partial charge in [-0.25, -0.2) is 13.4 Å². The Hall–Kier alpha value is -3.47. The van der Waals surface area contributed by atoms with Crippen molar-refractivity contribution in [3.05, 3.63) is 78.4 Å². The van der Waals surface area contributed by atoms with Crippen LogP contribution in [0.2, 0.25) is 0 Å². The van der Waals surface area contributed by atoms with Crippen molar-refractivity contribution >= 4 is 48.3 Å². The summed E-state index contributed by atoms with van der Waals surface area (Å²) in [5.41, 5.74) is 1.49. The van der Waals surface area contributed by atoms with Gasteiger partial charge in [0.15, 0.2) is 5.13 Å². The molecule has 1 unspecified atom stereocenters. The molecule has 1 N–H and O–H groups in total. The van der Waals surface area contributed by atoms with Crippen LogP contribution in [0.1, 0.15) is 23.2 Å². The van der Waals surface area contributed by atoms with Crippen molar-refractivity contribution in [2.24, 2.45) is 0 Å². The topological polar surface area (TPSA) is 97.8 Å². The number of aromatic nitrogens is 1. The number of benzene rings is 3. The van der Waals surface area contributed by atoms with Gasteiger partial charge in [-0.15, -0.1) is 0 Å². The number of nitrogens with zero attached hydrogens (tertiary/aromatic N) is 2. The Morgan fingerprint density at radius 2 is 1.89 bits per heavy atom. The van der Waals surface area contributed by atoms with E-state index in [1.54, 1.807) is 54.5 Å². The Morgan fingerprint density at radius 1 is 1.11 bits per heavy atom. The van der Waals surface area contributed by atoms with Crippen LogP contribution in [-0.4, -0.2) is 45.7 Å². The number of hydrogen-bond acceptors (Lipinski definition) is 7. The molecular formula is C26H25N3O5S2. The van der Waals surface area contributed by atoms with E-state index in [0.717, 1.165) is 17.5 Å². The molecule has 2 heterocycles. The second-order valence-corrected chi connectivity index (χ2v) is 11.0. The molecule has 1 aromatic heterocycles. The van der Waals surface area contributed by atoms with Crippen LogP contribution in [0.5, 0.6) is 5.75 Å². The van der Waals surface area contributed by atoms with Gasteiger partial charge >= 0.3 is 0 Å². The standard InChI is InChI=1S/C26H25N3O5S2/c1-33-22-10-5-11-23-24(22)27-26(35-23)29(17-20-7-6-16-34-20)25(30)18-12-14-19(15-13-18)28-36(31,32)21-8-3-2-4-9-21/h2-5,8-15,20,28H,6-7,16-17H2,1H3. The van der Waals surface area contributed by atoms with Crippen molar-refractivity contribution in [2.75, 3.05) is 29.9 Å². The number of sulfonamides is 1. The summed E-state index contributed by atoms with van der Waals surface area (Å²) >= 11 is 1.42. The lowest BCUT2D eigenvalue weighted by Gasteiger charge is -2.23. The molecule has 1 atom stereocenters. The number of methoxy groups -OCH3 is 1. The van der Waals surface area contributed by atoms with Crippen LogP contribution in [-0.2, 0) is 14.8 Å². The van der Waals surface area contributed by atoms with Crippen LogP contribution < -0.4 is 14.4 Å². The van der Waals surface area contributed by atoms with E-state index in [-0.39, 0.29) is 16.9 Å². The lowest BCUT2D eigenvalue weighted by Crippen LogP contribution is -2.37. The van der Waals surface area contributed by atoms with Crippen molar-refractivity contribution < 1.29 is 22.7 Å². The van der Waals surface area contributed by atoms with Gasteiger partial charge in [0.1, 0.15) is 11.3 Å². The minimum Gasteiger partial charge on any atom is -0.494 e. The molecule has 36 heavy (non-hydrogen) atoms. The van der Waals surface area contributed by atoms with Gasteiger partial charge in [0.2, 0.25) is 0 Å². The monoisotopic (exact) mass is 523 g/mol. The predicted octanol–water partition coefficient (Wildman–Crippen LogP) is 4.93. The fraction of sp³-hybridized carbons (Fsp3) is 0.231. The lowest BCUT2D eigenvalue weighted by atomic mass is 10.1. The van der Waals surface area contributed by atoms with E-state index in [4.69, 9.17) is 14.5 Å². The Kier molecular flexibility index (Phi) is 6.90. The van der Waals surface area contributed by atoms with Crippen LogP contribution in [0.25, 0.3) is 10.2 Å². The average molecular weight is 524 g/mol. The summed E-state index contributed by atoms with van der Waals surface area (Å²) in [6.45, 7) is 1.06. The third kappa shape index (κ3) is 5.06. The van der Waals surface area contributed by atoms with E-state index in [2.05, 4.69) is 4.72 Å². The highest BCUT2D eigenvalue weighted by Crippen LogP contribution is 2.35. The molecule has 186 valence electrons. The molecule has 1 aliphatic rings. The fourth-order valence-electron chi connectivity index (χ4n) is 4.08. The molecule has 1 saturated heterocycles. The molecule has 0 bridgehead atoms. The first kappa shape index (κ1) is 24.2. The van der Waals surface area contributed by atoms with Crippen molar-refractivity contribution in [2.45, 2.75) is 23.8 Å². The number of amides is 1. The van der Waals surface area contributed by atoms with E-state index in [0.29, 0.717) is 40.8 Å². The van der Waals surface area contributed by atoms with E-state index in [1.807, 2.05) is 18.2 Å². The van der Waals surface area contributed by atoms with E-state index < -0.39 is 10.0 Å². The Labute approximate surface area is 213 Å². The molecule has 8 nitrogen and oxygen atoms in total.